The van der Waals surface area contributed by atoms with E-state index in [1.807, 2.05) is 13.0 Å². The number of nitrogens with zero attached hydrogens (tertiary/aromatic N) is 1. The number of hydrogen-bond acceptors (Lipinski definition) is 2. The number of rotatable bonds is 1. The van der Waals surface area contributed by atoms with Gasteiger partial charge in [0.15, 0.2) is 0 Å². The van der Waals surface area contributed by atoms with E-state index < -0.39 is 0 Å². The maximum Gasteiger partial charge on any atom is 0.225 e. The molecule has 0 aromatic carbocycles. The number of aromatic nitrogens is 1. The maximum atomic E-state index is 9.34. The summed E-state index contributed by atoms with van der Waals surface area (Å²) in [6, 6.07) is 2.00. The number of hydrogen-bond donors (Lipinski definition) is 1. The molecule has 1 saturated carbocycles. The molecule has 1 aliphatic rings. The molecule has 1 heterocycles. The van der Waals surface area contributed by atoms with Crippen molar-refractivity contribution in [2.24, 2.45) is 0 Å². The number of aryl methyl sites for hydroxylation is 1. The summed E-state index contributed by atoms with van der Waals surface area (Å²) in [5, 5.41) is 9.34. The first-order valence-corrected chi connectivity index (χ1v) is 5.34. The van der Waals surface area contributed by atoms with Gasteiger partial charge in [-0.2, -0.15) is 0 Å². The lowest BCUT2D eigenvalue weighted by molar-refractivity contribution is 0.411. The van der Waals surface area contributed by atoms with Gasteiger partial charge in [0.2, 0.25) is 5.88 Å². The molecule has 1 aliphatic carbocycles. The van der Waals surface area contributed by atoms with Crippen molar-refractivity contribution in [3.8, 4) is 5.88 Å². The fraction of sp³-hybridized carbons (Fsp3) is 0.500. The van der Waals surface area contributed by atoms with E-state index in [9.17, 15) is 5.11 Å². The molecule has 2 nitrogen and oxygen atoms in total. The second-order valence-corrected chi connectivity index (χ2v) is 4.45. The first kappa shape index (κ1) is 9.00. The van der Waals surface area contributed by atoms with Crippen molar-refractivity contribution in [1.29, 1.82) is 0 Å². The zero-order valence-corrected chi connectivity index (χ0v) is 9.13. The van der Waals surface area contributed by atoms with Crippen LogP contribution >= 0.6 is 15.9 Å². The molecule has 0 radical (unpaired) electrons. The molecule has 0 spiro atoms. The third-order valence-corrected chi connectivity index (χ3v) is 3.32. The van der Waals surface area contributed by atoms with E-state index >= 15 is 0 Å². The van der Waals surface area contributed by atoms with Gasteiger partial charge in [0.1, 0.15) is 0 Å². The summed E-state index contributed by atoms with van der Waals surface area (Å²) >= 11 is 3.29. The molecule has 0 unspecified atom stereocenters. The largest absolute Gasteiger partial charge is 0.492 e. The Hall–Kier alpha value is -0.570. The predicted octanol–water partition coefficient (Wildman–Crippen LogP) is 3.13. The highest BCUT2D eigenvalue weighted by Gasteiger charge is 2.22. The Kier molecular flexibility index (Phi) is 2.28. The van der Waals surface area contributed by atoms with Gasteiger partial charge in [-0.05, 0) is 53.2 Å². The molecule has 0 aliphatic heterocycles. The topological polar surface area (TPSA) is 33.1 Å². The van der Waals surface area contributed by atoms with Gasteiger partial charge >= 0.3 is 0 Å². The lowest BCUT2D eigenvalue weighted by Crippen LogP contribution is -2.11. The normalized spacial score (nSPS) is 17.1. The van der Waals surface area contributed by atoms with Crippen LogP contribution in [0.1, 0.15) is 36.4 Å². The Bertz CT molecular complexity index is 334. The van der Waals surface area contributed by atoms with Crippen LogP contribution in [0.25, 0.3) is 0 Å². The van der Waals surface area contributed by atoms with Gasteiger partial charge in [0.05, 0.1) is 4.47 Å². The Morgan fingerprint density at radius 2 is 2.23 bits per heavy atom. The van der Waals surface area contributed by atoms with Gasteiger partial charge < -0.3 is 5.11 Å². The Morgan fingerprint density at radius 3 is 2.77 bits per heavy atom. The number of aromatic hydroxyl groups is 1. The van der Waals surface area contributed by atoms with Crippen LogP contribution in [-0.4, -0.2) is 10.1 Å². The second-order valence-electron chi connectivity index (χ2n) is 3.60. The molecule has 0 atom stereocenters. The average Bonchev–Trinajstić information content (AvgIpc) is 1.96. The third-order valence-electron chi connectivity index (χ3n) is 2.73. The monoisotopic (exact) mass is 241 g/mol. The lowest BCUT2D eigenvalue weighted by Gasteiger charge is -2.27. The highest BCUT2D eigenvalue weighted by molar-refractivity contribution is 9.10. The van der Waals surface area contributed by atoms with E-state index in [0.29, 0.717) is 10.4 Å². The van der Waals surface area contributed by atoms with Crippen molar-refractivity contribution in [2.45, 2.75) is 32.1 Å². The van der Waals surface area contributed by atoms with Crippen LogP contribution in [0.3, 0.4) is 0 Å². The summed E-state index contributed by atoms with van der Waals surface area (Å²) in [5.74, 6) is 0.768. The summed E-state index contributed by atoms with van der Waals surface area (Å²) in [6.45, 7) is 1.96. The van der Waals surface area contributed by atoms with Crippen molar-refractivity contribution in [3.63, 3.8) is 0 Å². The lowest BCUT2D eigenvalue weighted by atomic mass is 9.79. The van der Waals surface area contributed by atoms with Gasteiger partial charge in [0.25, 0.3) is 0 Å². The van der Waals surface area contributed by atoms with Crippen LogP contribution in [-0.2, 0) is 0 Å². The molecule has 1 aromatic heterocycles. The molecular formula is C10H12BrNO. The minimum atomic E-state index is 0.0978. The highest BCUT2D eigenvalue weighted by atomic mass is 79.9. The molecule has 1 fully saturated rings. The van der Waals surface area contributed by atoms with Crippen LogP contribution in [0.2, 0.25) is 0 Å². The van der Waals surface area contributed by atoms with Crippen molar-refractivity contribution in [3.05, 3.63) is 21.8 Å². The summed E-state index contributed by atoms with van der Waals surface area (Å²) in [4.78, 5) is 4.08. The minimum Gasteiger partial charge on any atom is -0.492 e. The summed E-state index contributed by atoms with van der Waals surface area (Å²) in [6.07, 6.45) is 3.85. The number of halogens is 1. The Balaban J connectivity index is 2.39. The molecule has 13 heavy (non-hydrogen) atoms. The van der Waals surface area contributed by atoms with Crippen LogP contribution < -0.4 is 0 Å². The molecule has 2 rings (SSSR count). The minimum absolute atomic E-state index is 0.0978. The number of pyridine rings is 1. The summed E-state index contributed by atoms with van der Waals surface area (Å²) < 4.78 is 0.708. The molecule has 0 saturated heterocycles. The van der Waals surface area contributed by atoms with Gasteiger partial charge in [-0.1, -0.05) is 6.42 Å². The van der Waals surface area contributed by atoms with E-state index in [0.717, 1.165) is 5.69 Å². The van der Waals surface area contributed by atoms with E-state index in [4.69, 9.17) is 0 Å². The van der Waals surface area contributed by atoms with Crippen molar-refractivity contribution >= 4 is 15.9 Å². The molecular weight excluding hydrogens is 230 g/mol. The van der Waals surface area contributed by atoms with Gasteiger partial charge in [0, 0.05) is 5.69 Å². The van der Waals surface area contributed by atoms with E-state index in [1.165, 1.54) is 24.8 Å². The highest BCUT2D eigenvalue weighted by Crippen LogP contribution is 2.39. The predicted molar refractivity (Wildman–Crippen MR) is 54.9 cm³/mol. The average molecular weight is 242 g/mol. The smallest absolute Gasteiger partial charge is 0.225 e. The first-order chi connectivity index (χ1) is 6.18. The molecule has 0 amide bonds. The SMILES string of the molecule is Cc1nc(O)c(Br)cc1C1CCC1. The zero-order chi connectivity index (χ0) is 9.42. The summed E-state index contributed by atoms with van der Waals surface area (Å²) in [5.41, 5.74) is 2.25. The third kappa shape index (κ3) is 1.57. The quantitative estimate of drug-likeness (QED) is 0.820. The van der Waals surface area contributed by atoms with Crippen LogP contribution in [0.5, 0.6) is 5.88 Å². The first-order valence-electron chi connectivity index (χ1n) is 4.54. The van der Waals surface area contributed by atoms with Crippen molar-refractivity contribution < 1.29 is 5.11 Å². The Morgan fingerprint density at radius 1 is 1.54 bits per heavy atom. The molecule has 3 heteroatoms. The van der Waals surface area contributed by atoms with Gasteiger partial charge in [-0.3, -0.25) is 0 Å². The van der Waals surface area contributed by atoms with Crippen LogP contribution in [0, 0.1) is 6.92 Å². The van der Waals surface area contributed by atoms with Gasteiger partial charge in [-0.25, -0.2) is 4.98 Å². The fourth-order valence-electron chi connectivity index (χ4n) is 1.71. The summed E-state index contributed by atoms with van der Waals surface area (Å²) in [7, 11) is 0. The van der Waals surface area contributed by atoms with E-state index in [-0.39, 0.29) is 5.88 Å². The molecule has 1 aromatic rings. The molecule has 0 bridgehead atoms. The van der Waals surface area contributed by atoms with E-state index in [1.54, 1.807) is 0 Å². The van der Waals surface area contributed by atoms with Crippen LogP contribution in [0.4, 0.5) is 0 Å². The van der Waals surface area contributed by atoms with Crippen molar-refractivity contribution in [2.75, 3.05) is 0 Å². The van der Waals surface area contributed by atoms with Crippen molar-refractivity contribution in [1.82, 2.24) is 4.98 Å². The standard InChI is InChI=1S/C10H12BrNO/c1-6-8(7-3-2-4-7)5-9(11)10(13)12-6/h5,7H,2-4H2,1H3,(H,12,13). The fourth-order valence-corrected chi connectivity index (χ4v) is 2.05. The van der Waals surface area contributed by atoms with E-state index in [2.05, 4.69) is 20.9 Å². The maximum absolute atomic E-state index is 9.34. The Labute approximate surface area is 86.1 Å². The van der Waals surface area contributed by atoms with Crippen LogP contribution in [0.15, 0.2) is 10.5 Å². The van der Waals surface area contributed by atoms with Gasteiger partial charge in [-0.15, -0.1) is 0 Å². The molecule has 1 N–H and O–H groups in total. The molecule has 70 valence electrons. The zero-order valence-electron chi connectivity index (χ0n) is 7.55. The second kappa shape index (κ2) is 3.29.